The van der Waals surface area contributed by atoms with Crippen molar-refractivity contribution in [2.75, 3.05) is 0 Å². The van der Waals surface area contributed by atoms with Gasteiger partial charge < -0.3 is 9.47 Å². The van der Waals surface area contributed by atoms with E-state index in [0.717, 1.165) is 0 Å². The summed E-state index contributed by atoms with van der Waals surface area (Å²) in [6, 6.07) is 16.5. The molecule has 3 aromatic rings. The molecule has 1 N–H and O–H groups in total. The van der Waals surface area contributed by atoms with Gasteiger partial charge in [0.25, 0.3) is 5.91 Å². The molecule has 174 valence electrons. The second-order valence-corrected chi connectivity index (χ2v) is 7.65. The van der Waals surface area contributed by atoms with E-state index in [2.05, 4.69) is 10.5 Å². The number of amides is 1. The first-order valence-corrected chi connectivity index (χ1v) is 10.5. The number of rotatable bonds is 8. The third kappa shape index (κ3) is 6.53. The van der Waals surface area contributed by atoms with Gasteiger partial charge in [0.15, 0.2) is 11.9 Å². The molecule has 0 aliphatic rings. The Labute approximate surface area is 204 Å². The quantitative estimate of drug-likeness (QED) is 0.152. The number of carbonyl (C=O) groups excluding carboxylic acids is 2. The van der Waals surface area contributed by atoms with Crippen LogP contribution in [0.2, 0.25) is 10.0 Å². The summed E-state index contributed by atoms with van der Waals surface area (Å²) in [5.74, 6) is -0.976. The van der Waals surface area contributed by atoms with E-state index in [1.54, 1.807) is 30.3 Å². The Morgan fingerprint density at radius 3 is 2.47 bits per heavy atom. The molecule has 0 heterocycles. The molecule has 0 radical (unpaired) electrons. The number of para-hydroxylation sites is 2. The van der Waals surface area contributed by atoms with Crippen molar-refractivity contribution >= 4 is 47.0 Å². The lowest BCUT2D eigenvalue weighted by atomic mass is 10.2. The number of hydrazone groups is 1. The number of hydrogen-bond donors (Lipinski definition) is 1. The number of nitro groups is 1. The van der Waals surface area contributed by atoms with Crippen LogP contribution in [0.5, 0.6) is 11.5 Å². The van der Waals surface area contributed by atoms with E-state index in [1.165, 1.54) is 49.5 Å². The van der Waals surface area contributed by atoms with Gasteiger partial charge >= 0.3 is 11.7 Å². The number of benzene rings is 3. The molecule has 0 spiro atoms. The van der Waals surface area contributed by atoms with Gasteiger partial charge in [-0.15, -0.1) is 0 Å². The first-order valence-electron chi connectivity index (χ1n) is 9.75. The lowest BCUT2D eigenvalue weighted by Gasteiger charge is -2.12. The van der Waals surface area contributed by atoms with Gasteiger partial charge in [-0.1, -0.05) is 35.3 Å². The Morgan fingerprint density at radius 2 is 1.79 bits per heavy atom. The van der Waals surface area contributed by atoms with E-state index in [9.17, 15) is 19.7 Å². The standard InChI is InChI=1S/C23H17Cl2N3O6/c1-14(33-21-5-3-2-4-20(21)28(31)32)22(29)27-26-13-15-6-9-17(10-7-15)34-23(30)18-11-8-16(24)12-19(18)25/h2-14H,1H3,(H,27,29). The van der Waals surface area contributed by atoms with Gasteiger partial charge in [0.1, 0.15) is 5.75 Å². The Hall–Kier alpha value is -3.95. The second kappa shape index (κ2) is 11.3. The van der Waals surface area contributed by atoms with Gasteiger partial charge in [0, 0.05) is 11.1 Å². The fourth-order valence-corrected chi connectivity index (χ4v) is 3.14. The van der Waals surface area contributed by atoms with Crippen molar-refractivity contribution in [1.82, 2.24) is 5.43 Å². The van der Waals surface area contributed by atoms with Crippen LogP contribution in [0.1, 0.15) is 22.8 Å². The summed E-state index contributed by atoms with van der Waals surface area (Å²) in [4.78, 5) is 34.9. The van der Waals surface area contributed by atoms with E-state index in [0.29, 0.717) is 10.6 Å². The van der Waals surface area contributed by atoms with Crippen LogP contribution in [-0.4, -0.2) is 29.1 Å². The molecule has 0 aromatic heterocycles. The van der Waals surface area contributed by atoms with Crippen molar-refractivity contribution in [2.45, 2.75) is 13.0 Å². The zero-order valence-electron chi connectivity index (χ0n) is 17.6. The Bertz CT molecular complexity index is 1250. The van der Waals surface area contributed by atoms with Crippen LogP contribution >= 0.6 is 23.2 Å². The number of ether oxygens (including phenoxy) is 2. The van der Waals surface area contributed by atoms with Gasteiger partial charge in [-0.2, -0.15) is 5.10 Å². The van der Waals surface area contributed by atoms with Crippen molar-refractivity contribution in [2.24, 2.45) is 5.10 Å². The number of nitrogens with one attached hydrogen (secondary N) is 1. The van der Waals surface area contributed by atoms with Gasteiger partial charge in [-0.3, -0.25) is 14.9 Å². The van der Waals surface area contributed by atoms with Crippen LogP contribution in [0.3, 0.4) is 0 Å². The zero-order valence-corrected chi connectivity index (χ0v) is 19.1. The van der Waals surface area contributed by atoms with E-state index in [1.807, 2.05) is 0 Å². The number of halogens is 2. The molecule has 1 amide bonds. The number of hydrogen-bond acceptors (Lipinski definition) is 7. The molecule has 0 aliphatic heterocycles. The molecule has 3 aromatic carbocycles. The minimum Gasteiger partial charge on any atom is -0.474 e. The van der Waals surface area contributed by atoms with Gasteiger partial charge in [0.05, 0.1) is 21.7 Å². The second-order valence-electron chi connectivity index (χ2n) is 6.80. The highest BCUT2D eigenvalue weighted by Crippen LogP contribution is 2.27. The molecule has 1 unspecified atom stereocenters. The summed E-state index contributed by atoms with van der Waals surface area (Å²) >= 11 is 11.8. The Kier molecular flexibility index (Phi) is 8.18. The Balaban J connectivity index is 1.54. The largest absolute Gasteiger partial charge is 0.474 e. The lowest BCUT2D eigenvalue weighted by molar-refractivity contribution is -0.386. The molecular weight excluding hydrogens is 485 g/mol. The summed E-state index contributed by atoms with van der Waals surface area (Å²) in [7, 11) is 0. The lowest BCUT2D eigenvalue weighted by Crippen LogP contribution is -2.33. The maximum absolute atomic E-state index is 12.3. The van der Waals surface area contributed by atoms with Crippen molar-refractivity contribution in [3.63, 3.8) is 0 Å². The average Bonchev–Trinajstić information content (AvgIpc) is 2.80. The monoisotopic (exact) mass is 501 g/mol. The van der Waals surface area contributed by atoms with Crippen molar-refractivity contribution < 1.29 is 24.0 Å². The van der Waals surface area contributed by atoms with Crippen molar-refractivity contribution in [1.29, 1.82) is 0 Å². The summed E-state index contributed by atoms with van der Waals surface area (Å²) in [5, 5.41) is 15.5. The first-order chi connectivity index (χ1) is 16.2. The minimum absolute atomic E-state index is 0.0239. The minimum atomic E-state index is -1.03. The van der Waals surface area contributed by atoms with E-state index < -0.39 is 22.9 Å². The van der Waals surface area contributed by atoms with E-state index in [-0.39, 0.29) is 27.8 Å². The molecule has 1 atom stereocenters. The molecule has 34 heavy (non-hydrogen) atoms. The SMILES string of the molecule is CC(Oc1ccccc1[N+](=O)[O-])C(=O)NN=Cc1ccc(OC(=O)c2ccc(Cl)cc2Cl)cc1. The molecule has 0 saturated carbocycles. The number of carbonyl (C=O) groups is 2. The van der Waals surface area contributed by atoms with Crippen LogP contribution in [0, 0.1) is 10.1 Å². The maximum Gasteiger partial charge on any atom is 0.345 e. The third-order valence-electron chi connectivity index (χ3n) is 4.36. The first kappa shape index (κ1) is 24.7. The summed E-state index contributed by atoms with van der Waals surface area (Å²) in [5.41, 5.74) is 2.84. The van der Waals surface area contributed by atoms with E-state index in [4.69, 9.17) is 32.7 Å². The highest BCUT2D eigenvalue weighted by atomic mass is 35.5. The number of nitro benzene ring substituents is 1. The summed E-state index contributed by atoms with van der Waals surface area (Å²) in [6.45, 7) is 1.44. The predicted molar refractivity (Wildman–Crippen MR) is 127 cm³/mol. The molecule has 11 heteroatoms. The number of nitrogens with zero attached hydrogens (tertiary/aromatic N) is 2. The molecule has 0 bridgehead atoms. The van der Waals surface area contributed by atoms with Crippen LogP contribution in [0.4, 0.5) is 5.69 Å². The molecular formula is C23H17Cl2N3O6. The highest BCUT2D eigenvalue weighted by Gasteiger charge is 2.20. The van der Waals surface area contributed by atoms with E-state index >= 15 is 0 Å². The molecule has 0 saturated heterocycles. The smallest absolute Gasteiger partial charge is 0.345 e. The predicted octanol–water partition coefficient (Wildman–Crippen LogP) is 5.04. The maximum atomic E-state index is 12.3. The average molecular weight is 502 g/mol. The molecule has 3 rings (SSSR count). The van der Waals surface area contributed by atoms with Gasteiger partial charge in [0.2, 0.25) is 0 Å². The molecule has 9 nitrogen and oxygen atoms in total. The Morgan fingerprint density at radius 1 is 1.09 bits per heavy atom. The fourth-order valence-electron chi connectivity index (χ4n) is 2.65. The van der Waals surface area contributed by atoms with Crippen molar-refractivity contribution in [3.8, 4) is 11.5 Å². The topological polar surface area (TPSA) is 120 Å². The van der Waals surface area contributed by atoms with Gasteiger partial charge in [-0.05, 0) is 61.0 Å². The van der Waals surface area contributed by atoms with Crippen molar-refractivity contribution in [3.05, 3.63) is 98.0 Å². The van der Waals surface area contributed by atoms with Crippen LogP contribution < -0.4 is 14.9 Å². The molecule has 0 aliphatic carbocycles. The summed E-state index contributed by atoms with van der Waals surface area (Å²) in [6.07, 6.45) is 0.344. The van der Waals surface area contributed by atoms with Gasteiger partial charge in [-0.25, -0.2) is 10.2 Å². The molecule has 0 fully saturated rings. The van der Waals surface area contributed by atoms with Crippen LogP contribution in [0.15, 0.2) is 71.8 Å². The zero-order chi connectivity index (χ0) is 24.7. The van der Waals surface area contributed by atoms with Crippen LogP contribution in [0.25, 0.3) is 0 Å². The third-order valence-corrected chi connectivity index (χ3v) is 4.91. The highest BCUT2D eigenvalue weighted by molar-refractivity contribution is 6.36. The summed E-state index contributed by atoms with van der Waals surface area (Å²) < 4.78 is 10.7. The van der Waals surface area contributed by atoms with Crippen LogP contribution in [-0.2, 0) is 4.79 Å². The number of esters is 1. The fraction of sp³-hybridized carbons (Fsp3) is 0.0870. The normalized spacial score (nSPS) is 11.6.